The van der Waals surface area contributed by atoms with Crippen LogP contribution < -0.4 is 10.1 Å². The summed E-state index contributed by atoms with van der Waals surface area (Å²) in [5, 5.41) is 3.47. The van der Waals surface area contributed by atoms with E-state index in [1.165, 1.54) is 11.1 Å². The van der Waals surface area contributed by atoms with Gasteiger partial charge in [0.05, 0.1) is 6.61 Å². The second kappa shape index (κ2) is 8.39. The summed E-state index contributed by atoms with van der Waals surface area (Å²) in [4.78, 5) is 0. The Morgan fingerprint density at radius 1 is 0.900 bits per heavy atom. The largest absolute Gasteiger partial charge is 0.494 e. The highest BCUT2D eigenvalue weighted by atomic mass is 16.5. The van der Waals surface area contributed by atoms with Crippen LogP contribution in [0.4, 0.5) is 0 Å². The Morgan fingerprint density at radius 2 is 1.65 bits per heavy atom. The minimum absolute atomic E-state index is 0.765. The van der Waals surface area contributed by atoms with Crippen LogP contribution in [0, 0.1) is 6.92 Å². The minimum Gasteiger partial charge on any atom is -0.494 e. The lowest BCUT2D eigenvalue weighted by Crippen LogP contribution is -2.20. The van der Waals surface area contributed by atoms with E-state index in [2.05, 4.69) is 36.5 Å². The third kappa shape index (κ3) is 5.06. The third-order valence-corrected chi connectivity index (χ3v) is 3.34. The molecule has 0 amide bonds. The van der Waals surface area contributed by atoms with E-state index >= 15 is 0 Å². The molecule has 0 unspecified atom stereocenters. The van der Waals surface area contributed by atoms with Crippen LogP contribution in [0.25, 0.3) is 0 Å². The number of hydrogen-bond acceptors (Lipinski definition) is 2. The first-order valence-corrected chi connectivity index (χ1v) is 7.29. The fourth-order valence-corrected chi connectivity index (χ4v) is 2.14. The van der Waals surface area contributed by atoms with Crippen LogP contribution in [0.3, 0.4) is 0 Å². The van der Waals surface area contributed by atoms with E-state index in [1.54, 1.807) is 0 Å². The van der Waals surface area contributed by atoms with Gasteiger partial charge in [0.25, 0.3) is 0 Å². The van der Waals surface area contributed by atoms with Gasteiger partial charge in [-0.25, -0.2) is 0 Å². The monoisotopic (exact) mass is 269 g/mol. The third-order valence-electron chi connectivity index (χ3n) is 3.34. The first-order chi connectivity index (χ1) is 9.86. The maximum absolute atomic E-state index is 5.65. The molecule has 0 heterocycles. The predicted molar refractivity (Wildman–Crippen MR) is 84.3 cm³/mol. The molecule has 106 valence electrons. The summed E-state index contributed by atoms with van der Waals surface area (Å²) in [5.74, 6) is 0.951. The summed E-state index contributed by atoms with van der Waals surface area (Å²) in [6, 6.07) is 18.5. The van der Waals surface area contributed by atoms with E-state index < -0.39 is 0 Å². The summed E-state index contributed by atoms with van der Waals surface area (Å²) in [7, 11) is 0. The van der Waals surface area contributed by atoms with Gasteiger partial charge in [-0.2, -0.15) is 0 Å². The van der Waals surface area contributed by atoms with E-state index in [1.807, 2.05) is 30.3 Å². The van der Waals surface area contributed by atoms with Crippen molar-refractivity contribution in [3.05, 3.63) is 65.7 Å². The Balaban J connectivity index is 1.53. The van der Waals surface area contributed by atoms with Crippen molar-refractivity contribution >= 4 is 0 Å². The molecule has 0 bridgehead atoms. The lowest BCUT2D eigenvalue weighted by Gasteiger charge is -2.08. The molecule has 0 fully saturated rings. The van der Waals surface area contributed by atoms with Gasteiger partial charge in [0, 0.05) is 0 Å². The summed E-state index contributed by atoms with van der Waals surface area (Å²) < 4.78 is 5.65. The Hall–Kier alpha value is -1.80. The van der Waals surface area contributed by atoms with Gasteiger partial charge in [-0.05, 0) is 56.1 Å². The van der Waals surface area contributed by atoms with Crippen LogP contribution in [-0.4, -0.2) is 19.7 Å². The number of ether oxygens (including phenoxy) is 1. The fourth-order valence-electron chi connectivity index (χ4n) is 2.14. The van der Waals surface area contributed by atoms with Gasteiger partial charge < -0.3 is 10.1 Å². The van der Waals surface area contributed by atoms with Gasteiger partial charge in [-0.1, -0.05) is 42.5 Å². The highest BCUT2D eigenvalue weighted by Crippen LogP contribution is 2.08. The topological polar surface area (TPSA) is 21.3 Å². The lowest BCUT2D eigenvalue weighted by atomic mass is 10.1. The van der Waals surface area contributed by atoms with Crippen LogP contribution in [0.5, 0.6) is 5.75 Å². The molecule has 0 aromatic heterocycles. The molecule has 20 heavy (non-hydrogen) atoms. The van der Waals surface area contributed by atoms with E-state index in [0.29, 0.717) is 0 Å². The van der Waals surface area contributed by atoms with E-state index in [4.69, 9.17) is 4.74 Å². The highest BCUT2D eigenvalue weighted by molar-refractivity contribution is 5.25. The van der Waals surface area contributed by atoms with Crippen molar-refractivity contribution in [2.75, 3.05) is 19.7 Å². The molecule has 0 spiro atoms. The zero-order valence-corrected chi connectivity index (χ0v) is 12.1. The molecule has 2 nitrogen and oxygen atoms in total. The van der Waals surface area contributed by atoms with E-state index in [9.17, 15) is 0 Å². The number of benzene rings is 2. The standard InChI is InChI=1S/C18H23NO/c1-16-8-5-6-9-17(16)12-14-19-13-7-15-20-18-10-3-2-4-11-18/h2-6,8-11,19H,7,12-15H2,1H3. The lowest BCUT2D eigenvalue weighted by molar-refractivity contribution is 0.308. The van der Waals surface area contributed by atoms with Crippen LogP contribution >= 0.6 is 0 Å². The highest BCUT2D eigenvalue weighted by Gasteiger charge is 1.96. The number of para-hydroxylation sites is 1. The van der Waals surface area contributed by atoms with Crippen molar-refractivity contribution in [3.63, 3.8) is 0 Å². The first-order valence-electron chi connectivity index (χ1n) is 7.29. The SMILES string of the molecule is Cc1ccccc1CCNCCCOc1ccccc1. The van der Waals surface area contributed by atoms with Crippen molar-refractivity contribution in [3.8, 4) is 5.75 Å². The Kier molecular flexibility index (Phi) is 6.12. The molecule has 0 aliphatic heterocycles. The average Bonchev–Trinajstić information content (AvgIpc) is 2.49. The second-order valence-electron chi connectivity index (χ2n) is 4.94. The molecule has 1 N–H and O–H groups in total. The molecule has 0 radical (unpaired) electrons. The molecule has 2 heteroatoms. The van der Waals surface area contributed by atoms with Crippen molar-refractivity contribution in [1.82, 2.24) is 5.32 Å². The smallest absolute Gasteiger partial charge is 0.119 e. The van der Waals surface area contributed by atoms with Gasteiger partial charge in [0.15, 0.2) is 0 Å². The maximum Gasteiger partial charge on any atom is 0.119 e. The predicted octanol–water partition coefficient (Wildman–Crippen LogP) is 3.60. The van der Waals surface area contributed by atoms with Gasteiger partial charge in [-0.3, -0.25) is 0 Å². The Morgan fingerprint density at radius 3 is 2.45 bits per heavy atom. The molecule has 2 aromatic rings. The molecule has 2 aromatic carbocycles. The summed E-state index contributed by atoms with van der Waals surface area (Å²) >= 11 is 0. The van der Waals surface area contributed by atoms with Crippen LogP contribution in [0.2, 0.25) is 0 Å². The van der Waals surface area contributed by atoms with Crippen LogP contribution in [-0.2, 0) is 6.42 Å². The molecular weight excluding hydrogens is 246 g/mol. The molecule has 0 saturated heterocycles. The van der Waals surface area contributed by atoms with Gasteiger partial charge in [0.1, 0.15) is 5.75 Å². The molecule has 0 aliphatic carbocycles. The van der Waals surface area contributed by atoms with Crippen molar-refractivity contribution in [1.29, 1.82) is 0 Å². The summed E-state index contributed by atoms with van der Waals surface area (Å²) in [5.41, 5.74) is 2.81. The number of nitrogens with one attached hydrogen (secondary N) is 1. The summed E-state index contributed by atoms with van der Waals surface area (Å²) in [6.45, 7) is 4.96. The number of hydrogen-bond donors (Lipinski definition) is 1. The first kappa shape index (κ1) is 14.6. The van der Waals surface area contributed by atoms with E-state index in [0.717, 1.165) is 38.3 Å². The Bertz CT molecular complexity index is 496. The average molecular weight is 269 g/mol. The number of aryl methyl sites for hydroxylation is 1. The van der Waals surface area contributed by atoms with Crippen molar-refractivity contribution in [2.24, 2.45) is 0 Å². The molecule has 2 rings (SSSR count). The normalized spacial score (nSPS) is 10.4. The van der Waals surface area contributed by atoms with Crippen LogP contribution in [0.15, 0.2) is 54.6 Å². The van der Waals surface area contributed by atoms with Crippen LogP contribution in [0.1, 0.15) is 17.5 Å². The minimum atomic E-state index is 0.765. The quantitative estimate of drug-likeness (QED) is 0.739. The fraction of sp³-hybridized carbons (Fsp3) is 0.333. The molecular formula is C18H23NO. The zero-order chi connectivity index (χ0) is 14.0. The molecule has 0 saturated carbocycles. The Labute approximate surface area is 121 Å². The number of rotatable bonds is 8. The van der Waals surface area contributed by atoms with Crippen molar-refractivity contribution < 1.29 is 4.74 Å². The maximum atomic E-state index is 5.65. The molecule has 0 atom stereocenters. The van der Waals surface area contributed by atoms with Crippen molar-refractivity contribution in [2.45, 2.75) is 19.8 Å². The molecule has 0 aliphatic rings. The van der Waals surface area contributed by atoms with Gasteiger partial charge in [-0.15, -0.1) is 0 Å². The van der Waals surface area contributed by atoms with Gasteiger partial charge >= 0.3 is 0 Å². The van der Waals surface area contributed by atoms with Gasteiger partial charge in [0.2, 0.25) is 0 Å². The summed E-state index contributed by atoms with van der Waals surface area (Å²) in [6.07, 6.45) is 2.12. The van der Waals surface area contributed by atoms with E-state index in [-0.39, 0.29) is 0 Å². The zero-order valence-electron chi connectivity index (χ0n) is 12.1. The second-order valence-corrected chi connectivity index (χ2v) is 4.94.